The highest BCUT2D eigenvalue weighted by Gasteiger charge is 2.06. The lowest BCUT2D eigenvalue weighted by atomic mass is 10.1. The molecule has 2 amide bonds. The van der Waals surface area contributed by atoms with Gasteiger partial charge in [0, 0.05) is 11.8 Å². The summed E-state index contributed by atoms with van der Waals surface area (Å²) in [6.45, 7) is 0. The van der Waals surface area contributed by atoms with E-state index in [1.807, 2.05) is 30.4 Å². The maximum atomic E-state index is 10.9. The fourth-order valence-corrected chi connectivity index (χ4v) is 1.64. The van der Waals surface area contributed by atoms with Gasteiger partial charge < -0.3 is 0 Å². The number of urea groups is 1. The summed E-state index contributed by atoms with van der Waals surface area (Å²) in [5.41, 5.74) is 2.01. The molecule has 0 atom stereocenters. The van der Waals surface area contributed by atoms with Crippen LogP contribution in [0.15, 0.2) is 28.2 Å². The van der Waals surface area contributed by atoms with Gasteiger partial charge in [-0.15, -0.1) is 0 Å². The minimum atomic E-state index is -0.427. The Morgan fingerprint density at radius 3 is 3.00 bits per heavy atom. The lowest BCUT2D eigenvalue weighted by Crippen LogP contribution is -2.21. The minimum Gasteiger partial charge on any atom is -0.244 e. The Labute approximate surface area is 79.8 Å². The van der Waals surface area contributed by atoms with Gasteiger partial charge in [0.1, 0.15) is 0 Å². The monoisotopic (exact) mass is 182 g/mol. The second-order valence-electron chi connectivity index (χ2n) is 3.22. The van der Waals surface area contributed by atoms with Crippen LogP contribution >= 0.6 is 0 Å². The number of hydrogen-bond donors (Lipinski definition) is 0. The highest BCUT2D eigenvalue weighted by atomic mass is 16.2. The topological polar surface area (TPSA) is 41.8 Å². The molecule has 0 unspecified atom stereocenters. The Bertz CT molecular complexity index is 609. The molecule has 1 aromatic carbocycles. The molecule has 0 fully saturated rings. The van der Waals surface area contributed by atoms with Gasteiger partial charge in [-0.25, -0.2) is 4.79 Å². The number of carbonyl (C=O) groups excluding carboxylic acids is 1. The smallest absolute Gasteiger partial charge is 0.244 e. The van der Waals surface area contributed by atoms with Gasteiger partial charge in [0.2, 0.25) is 0 Å². The van der Waals surface area contributed by atoms with Gasteiger partial charge in [-0.2, -0.15) is 9.98 Å². The molecule has 66 valence electrons. The van der Waals surface area contributed by atoms with E-state index in [9.17, 15) is 4.79 Å². The lowest BCUT2D eigenvalue weighted by molar-refractivity contribution is 0.256. The molecule has 1 aromatic rings. The largest absolute Gasteiger partial charge is 0.367 e. The summed E-state index contributed by atoms with van der Waals surface area (Å²) in [5.74, 6) is 0. The van der Waals surface area contributed by atoms with Crippen LogP contribution in [0.4, 0.5) is 4.79 Å². The van der Waals surface area contributed by atoms with E-state index in [4.69, 9.17) is 0 Å². The van der Waals surface area contributed by atoms with Gasteiger partial charge in [0.15, 0.2) is 0 Å². The molecule has 0 radical (unpaired) electrons. The van der Waals surface area contributed by atoms with E-state index < -0.39 is 6.03 Å². The van der Waals surface area contributed by atoms with E-state index in [0.717, 1.165) is 16.3 Å². The first-order valence-corrected chi connectivity index (χ1v) is 4.32. The van der Waals surface area contributed by atoms with Gasteiger partial charge in [-0.3, -0.25) is 0 Å². The van der Waals surface area contributed by atoms with Crippen LogP contribution in [-0.2, 0) is 0 Å². The Morgan fingerprint density at radius 2 is 2.07 bits per heavy atom. The van der Waals surface area contributed by atoms with Crippen LogP contribution in [0.5, 0.6) is 0 Å². The van der Waals surface area contributed by atoms with Crippen molar-refractivity contribution in [2.45, 2.75) is 0 Å². The first kappa shape index (κ1) is 7.38. The van der Waals surface area contributed by atoms with E-state index >= 15 is 0 Å². The van der Waals surface area contributed by atoms with E-state index in [1.54, 1.807) is 6.21 Å². The van der Waals surface area contributed by atoms with Crippen molar-refractivity contribution in [3.63, 3.8) is 0 Å². The fraction of sp³-hybridized carbons (Fsp3) is 0. The molecule has 1 aliphatic carbocycles. The number of benzene rings is 1. The summed E-state index contributed by atoms with van der Waals surface area (Å²) in [5, 5.41) is 1.86. The van der Waals surface area contributed by atoms with E-state index in [-0.39, 0.29) is 0 Å². The van der Waals surface area contributed by atoms with Gasteiger partial charge in [0.05, 0.1) is 5.36 Å². The van der Waals surface area contributed by atoms with Crippen LogP contribution in [0.3, 0.4) is 0 Å². The number of allylic oxidation sites excluding steroid dienone is 1. The van der Waals surface area contributed by atoms with Crippen molar-refractivity contribution < 1.29 is 4.79 Å². The first-order valence-electron chi connectivity index (χ1n) is 4.32. The van der Waals surface area contributed by atoms with E-state index in [1.165, 1.54) is 0 Å². The van der Waals surface area contributed by atoms with Crippen molar-refractivity contribution >= 4 is 24.4 Å². The zero-order valence-electron chi connectivity index (χ0n) is 7.27. The molecule has 3 rings (SSSR count). The molecule has 0 N–H and O–H groups in total. The van der Waals surface area contributed by atoms with Crippen molar-refractivity contribution in [3.05, 3.63) is 39.9 Å². The number of nitrogens with zero attached hydrogens (tertiary/aromatic N) is 2. The average Bonchev–Trinajstić information content (AvgIpc) is 2.61. The maximum Gasteiger partial charge on any atom is 0.367 e. The number of amides is 2. The molecule has 0 spiro atoms. The third kappa shape index (κ3) is 0.956. The van der Waals surface area contributed by atoms with Crippen LogP contribution in [-0.4, -0.2) is 12.2 Å². The molecule has 0 aromatic heterocycles. The van der Waals surface area contributed by atoms with Gasteiger partial charge in [-0.1, -0.05) is 18.2 Å². The molecule has 0 saturated carbocycles. The van der Waals surface area contributed by atoms with Gasteiger partial charge >= 0.3 is 6.03 Å². The van der Waals surface area contributed by atoms with Crippen LogP contribution in [0, 0.1) is 0 Å². The summed E-state index contributed by atoms with van der Waals surface area (Å²) in [6, 6.07) is 3.47. The SMILES string of the molecule is O=C1N=Cc2cc3c(cc2=N1)C=CC=3. The predicted octanol–water partition coefficient (Wildman–Crippen LogP) is 0.666. The van der Waals surface area contributed by atoms with Crippen molar-refractivity contribution in [1.29, 1.82) is 0 Å². The molecular formula is C11H6N2O. The number of carbonyl (C=O) groups is 1. The number of rotatable bonds is 0. The molecule has 1 heterocycles. The standard InChI is InChI=1S/C11H6N2O/c14-11-12-6-9-4-7-2-1-3-8(7)5-10(9)13-11/h1-6H. The van der Waals surface area contributed by atoms with E-state index in [2.05, 4.69) is 9.98 Å². The first-order chi connectivity index (χ1) is 6.83. The van der Waals surface area contributed by atoms with Crippen LogP contribution in [0.25, 0.3) is 12.2 Å². The van der Waals surface area contributed by atoms with Crippen molar-refractivity contribution in [1.82, 2.24) is 0 Å². The molecular weight excluding hydrogens is 176 g/mol. The molecule has 14 heavy (non-hydrogen) atoms. The summed E-state index contributed by atoms with van der Waals surface area (Å²) in [6.07, 6.45) is 7.58. The highest BCUT2D eigenvalue weighted by Crippen LogP contribution is 2.02. The minimum absolute atomic E-state index is 0.427. The van der Waals surface area contributed by atoms with Crippen molar-refractivity contribution in [3.8, 4) is 0 Å². The Hall–Kier alpha value is -2.03. The fourth-order valence-electron chi connectivity index (χ4n) is 1.64. The zero-order chi connectivity index (χ0) is 9.54. The zero-order valence-corrected chi connectivity index (χ0v) is 7.27. The average molecular weight is 182 g/mol. The Morgan fingerprint density at radius 1 is 1.14 bits per heavy atom. The normalized spacial score (nSPS) is 15.9. The lowest BCUT2D eigenvalue weighted by Gasteiger charge is -2.00. The summed E-state index contributed by atoms with van der Waals surface area (Å²) in [7, 11) is 0. The molecule has 3 nitrogen and oxygen atoms in total. The second kappa shape index (κ2) is 2.48. The number of aliphatic imine (C=N–C) groups is 1. The molecule has 0 saturated heterocycles. The third-order valence-corrected chi connectivity index (χ3v) is 2.31. The summed E-state index contributed by atoms with van der Waals surface area (Å²) in [4.78, 5) is 18.4. The predicted molar refractivity (Wildman–Crippen MR) is 53.7 cm³/mol. The van der Waals surface area contributed by atoms with E-state index in [0.29, 0.717) is 5.36 Å². The van der Waals surface area contributed by atoms with Crippen LogP contribution < -0.4 is 10.6 Å². The van der Waals surface area contributed by atoms with Gasteiger partial charge in [0.25, 0.3) is 0 Å². The van der Waals surface area contributed by atoms with Gasteiger partial charge in [-0.05, 0) is 22.9 Å². The van der Waals surface area contributed by atoms with Crippen molar-refractivity contribution in [2.24, 2.45) is 9.98 Å². The number of hydrogen-bond acceptors (Lipinski definition) is 1. The molecule has 2 aliphatic rings. The summed E-state index contributed by atoms with van der Waals surface area (Å²) >= 11 is 0. The second-order valence-corrected chi connectivity index (χ2v) is 3.22. The van der Waals surface area contributed by atoms with Crippen LogP contribution in [0.2, 0.25) is 0 Å². The molecule has 1 aliphatic heterocycles. The molecule has 0 bridgehead atoms. The Kier molecular flexibility index (Phi) is 1.31. The van der Waals surface area contributed by atoms with Crippen molar-refractivity contribution in [2.75, 3.05) is 0 Å². The number of fused-ring (bicyclic) bond motifs is 2. The van der Waals surface area contributed by atoms with Crippen LogP contribution in [0.1, 0.15) is 11.1 Å². The quantitative estimate of drug-likeness (QED) is 0.581. The third-order valence-electron chi connectivity index (χ3n) is 2.31. The maximum absolute atomic E-state index is 10.9. The Balaban J connectivity index is 2.42. The highest BCUT2D eigenvalue weighted by molar-refractivity contribution is 5.94. The summed E-state index contributed by atoms with van der Waals surface area (Å²) < 4.78 is 0. The molecule has 3 heteroatoms.